The first-order valence-corrected chi connectivity index (χ1v) is 12.7. The Hall–Kier alpha value is -3.13. The van der Waals surface area contributed by atoms with Gasteiger partial charge in [0.2, 0.25) is 0 Å². The molecule has 1 amide bonds. The van der Waals surface area contributed by atoms with Crippen molar-refractivity contribution in [3.05, 3.63) is 60.4 Å². The lowest BCUT2D eigenvalue weighted by Gasteiger charge is -2.34. The number of ether oxygens (including phenoxy) is 2. The predicted molar refractivity (Wildman–Crippen MR) is 136 cm³/mol. The van der Waals surface area contributed by atoms with E-state index in [0.717, 1.165) is 57.3 Å². The number of nitrogens with one attached hydrogen (secondary N) is 2. The summed E-state index contributed by atoms with van der Waals surface area (Å²) in [6.45, 7) is 5.34. The molecule has 8 nitrogen and oxygen atoms in total. The predicted octanol–water partition coefficient (Wildman–Crippen LogP) is 4.06. The molecule has 8 heteroatoms. The molecule has 1 aromatic heterocycles. The Bertz CT molecular complexity index is 873. The van der Waals surface area contributed by atoms with Gasteiger partial charge in [0, 0.05) is 37.2 Å². The third kappa shape index (κ3) is 9.56. The second-order valence-corrected chi connectivity index (χ2v) is 8.84. The minimum Gasteiger partial charge on any atom is -0.464 e. The molecule has 0 spiro atoms. The Labute approximate surface area is 208 Å². The second kappa shape index (κ2) is 15.0. The van der Waals surface area contributed by atoms with E-state index in [1.54, 1.807) is 0 Å². The third-order valence-electron chi connectivity index (χ3n) is 6.16. The van der Waals surface area contributed by atoms with Crippen LogP contribution in [-0.4, -0.2) is 55.4 Å². The number of nitrogens with zero attached hydrogens (tertiary/aromatic N) is 2. The van der Waals surface area contributed by atoms with Crippen LogP contribution < -0.4 is 15.5 Å². The number of aromatic nitrogens is 1. The van der Waals surface area contributed by atoms with E-state index in [2.05, 4.69) is 20.5 Å². The van der Waals surface area contributed by atoms with Crippen molar-refractivity contribution >= 4 is 17.7 Å². The number of alkyl carbamates (subject to hydrolysis) is 1. The van der Waals surface area contributed by atoms with E-state index < -0.39 is 18.1 Å². The molecule has 2 heterocycles. The highest BCUT2D eigenvalue weighted by molar-refractivity contribution is 5.81. The smallest absolute Gasteiger partial charge is 0.408 e. The first-order valence-electron chi connectivity index (χ1n) is 12.7. The van der Waals surface area contributed by atoms with E-state index in [1.165, 1.54) is 5.69 Å². The SMILES string of the molecule is CCCCOC(=O)[C@H](CCCNC1CCN(c2ccncc2)CC1)NC(=O)OCc1ccccc1. The van der Waals surface area contributed by atoms with Gasteiger partial charge in [-0.2, -0.15) is 0 Å². The lowest BCUT2D eigenvalue weighted by Crippen LogP contribution is -2.44. The molecule has 2 N–H and O–H groups in total. The number of anilines is 1. The molecule has 3 rings (SSSR count). The average molecular weight is 483 g/mol. The average Bonchev–Trinajstić information content (AvgIpc) is 2.90. The summed E-state index contributed by atoms with van der Waals surface area (Å²) in [6.07, 6.45) is 8.16. The number of pyridine rings is 1. The first kappa shape index (κ1) is 26.5. The molecule has 1 aromatic carbocycles. The molecular formula is C27H38N4O4. The van der Waals surface area contributed by atoms with Crippen molar-refractivity contribution in [1.29, 1.82) is 0 Å². The van der Waals surface area contributed by atoms with E-state index in [9.17, 15) is 9.59 Å². The number of esters is 1. The molecule has 0 bridgehead atoms. The summed E-state index contributed by atoms with van der Waals surface area (Å²) < 4.78 is 10.7. The fourth-order valence-corrected chi connectivity index (χ4v) is 4.08. The largest absolute Gasteiger partial charge is 0.464 e. The molecule has 35 heavy (non-hydrogen) atoms. The highest BCUT2D eigenvalue weighted by atomic mass is 16.6. The van der Waals surface area contributed by atoms with Crippen LogP contribution in [0.1, 0.15) is 51.0 Å². The van der Waals surface area contributed by atoms with E-state index >= 15 is 0 Å². The van der Waals surface area contributed by atoms with Crippen molar-refractivity contribution in [2.45, 2.75) is 64.1 Å². The molecule has 1 aliphatic heterocycles. The molecule has 0 unspecified atom stereocenters. The standard InChI is InChI=1S/C27H38N4O4/c1-2-3-20-34-26(32)25(30-27(33)35-21-22-8-5-4-6-9-22)10-7-15-29-23-13-18-31(19-14-23)24-11-16-28-17-12-24/h4-6,8-9,11-12,16-17,23,25,29H,2-3,7,10,13-15,18-21H2,1H3,(H,30,33)/t25-/m0/s1. The Morgan fingerprint density at radius 3 is 2.51 bits per heavy atom. The van der Waals surface area contributed by atoms with Crippen LogP contribution in [0.15, 0.2) is 54.9 Å². The third-order valence-corrected chi connectivity index (χ3v) is 6.16. The summed E-state index contributed by atoms with van der Waals surface area (Å²) in [6, 6.07) is 13.3. The van der Waals surface area contributed by atoms with Gasteiger partial charge in [-0.05, 0) is 56.3 Å². The van der Waals surface area contributed by atoms with E-state index in [-0.39, 0.29) is 6.61 Å². The number of rotatable bonds is 13. The maximum Gasteiger partial charge on any atom is 0.408 e. The highest BCUT2D eigenvalue weighted by Gasteiger charge is 2.23. The number of unbranched alkanes of at least 4 members (excludes halogenated alkanes) is 1. The fraction of sp³-hybridized carbons (Fsp3) is 0.519. The number of amides is 1. The molecule has 1 saturated heterocycles. The van der Waals surface area contributed by atoms with Crippen LogP contribution in [0.25, 0.3) is 0 Å². The monoisotopic (exact) mass is 482 g/mol. The number of hydrogen-bond donors (Lipinski definition) is 2. The summed E-state index contributed by atoms with van der Waals surface area (Å²) >= 11 is 0. The van der Waals surface area contributed by atoms with Crippen LogP contribution in [0.3, 0.4) is 0 Å². The van der Waals surface area contributed by atoms with Crippen LogP contribution in [0.4, 0.5) is 10.5 Å². The Kier molecular flexibility index (Phi) is 11.3. The highest BCUT2D eigenvalue weighted by Crippen LogP contribution is 2.19. The van der Waals surface area contributed by atoms with Gasteiger partial charge in [-0.15, -0.1) is 0 Å². The Morgan fingerprint density at radius 1 is 1.06 bits per heavy atom. The number of piperidine rings is 1. The molecule has 0 saturated carbocycles. The quantitative estimate of drug-likeness (QED) is 0.329. The van der Waals surface area contributed by atoms with Crippen molar-refractivity contribution in [2.75, 3.05) is 31.1 Å². The van der Waals surface area contributed by atoms with Gasteiger partial charge >= 0.3 is 12.1 Å². The van der Waals surface area contributed by atoms with Crippen molar-refractivity contribution in [2.24, 2.45) is 0 Å². The summed E-state index contributed by atoms with van der Waals surface area (Å²) in [7, 11) is 0. The lowest BCUT2D eigenvalue weighted by atomic mass is 10.0. The van der Waals surface area contributed by atoms with Crippen LogP contribution >= 0.6 is 0 Å². The van der Waals surface area contributed by atoms with Crippen LogP contribution in [-0.2, 0) is 20.9 Å². The van der Waals surface area contributed by atoms with Gasteiger partial charge in [0.15, 0.2) is 0 Å². The zero-order chi connectivity index (χ0) is 24.7. The van der Waals surface area contributed by atoms with Gasteiger partial charge in [0.25, 0.3) is 0 Å². The minimum atomic E-state index is -0.717. The summed E-state index contributed by atoms with van der Waals surface area (Å²) in [5.41, 5.74) is 2.11. The number of benzene rings is 1. The van der Waals surface area contributed by atoms with Crippen LogP contribution in [0.2, 0.25) is 0 Å². The minimum absolute atomic E-state index is 0.157. The van der Waals surface area contributed by atoms with Crippen molar-refractivity contribution in [3.63, 3.8) is 0 Å². The van der Waals surface area contributed by atoms with Gasteiger partial charge in [-0.1, -0.05) is 43.7 Å². The van der Waals surface area contributed by atoms with Gasteiger partial charge in [0.1, 0.15) is 12.6 Å². The van der Waals surface area contributed by atoms with E-state index in [4.69, 9.17) is 9.47 Å². The Balaban J connectivity index is 1.39. The molecule has 0 aliphatic carbocycles. The maximum atomic E-state index is 12.6. The zero-order valence-electron chi connectivity index (χ0n) is 20.7. The van der Waals surface area contributed by atoms with Crippen molar-refractivity contribution < 1.29 is 19.1 Å². The van der Waals surface area contributed by atoms with Gasteiger partial charge in [0.05, 0.1) is 6.61 Å². The van der Waals surface area contributed by atoms with Crippen molar-refractivity contribution in [1.82, 2.24) is 15.6 Å². The molecular weight excluding hydrogens is 444 g/mol. The summed E-state index contributed by atoms with van der Waals surface area (Å²) in [4.78, 5) is 31.4. The van der Waals surface area contributed by atoms with Gasteiger partial charge in [-0.3, -0.25) is 4.98 Å². The summed E-state index contributed by atoms with van der Waals surface area (Å²) in [5, 5.41) is 6.31. The molecule has 1 fully saturated rings. The number of carbonyl (C=O) groups excluding carboxylic acids is 2. The van der Waals surface area contributed by atoms with Crippen molar-refractivity contribution in [3.8, 4) is 0 Å². The molecule has 2 aromatic rings. The number of hydrogen-bond acceptors (Lipinski definition) is 7. The molecule has 1 aliphatic rings. The second-order valence-electron chi connectivity index (χ2n) is 8.84. The molecule has 1 atom stereocenters. The number of carbonyl (C=O) groups is 2. The van der Waals surface area contributed by atoms with Crippen LogP contribution in [0, 0.1) is 0 Å². The van der Waals surface area contributed by atoms with Gasteiger partial charge < -0.3 is 25.0 Å². The lowest BCUT2D eigenvalue weighted by molar-refractivity contribution is -0.146. The normalized spacial score (nSPS) is 14.8. The fourth-order valence-electron chi connectivity index (χ4n) is 4.08. The van der Waals surface area contributed by atoms with Crippen LogP contribution in [0.5, 0.6) is 0 Å². The maximum absolute atomic E-state index is 12.6. The first-order chi connectivity index (χ1) is 17.2. The molecule has 190 valence electrons. The van der Waals surface area contributed by atoms with Gasteiger partial charge in [-0.25, -0.2) is 9.59 Å². The van der Waals surface area contributed by atoms with E-state index in [1.807, 2.05) is 61.8 Å². The van der Waals surface area contributed by atoms with E-state index in [0.29, 0.717) is 19.1 Å². The topological polar surface area (TPSA) is 92.8 Å². The Morgan fingerprint density at radius 2 is 1.80 bits per heavy atom. The zero-order valence-corrected chi connectivity index (χ0v) is 20.7. The summed E-state index contributed by atoms with van der Waals surface area (Å²) in [5.74, 6) is -0.402. The molecule has 0 radical (unpaired) electrons.